The van der Waals surface area contributed by atoms with Crippen LogP contribution in [0, 0.1) is 34.5 Å². The molecule has 0 aliphatic heterocycles. The van der Waals surface area contributed by atoms with Crippen molar-refractivity contribution in [2.45, 2.75) is 124 Å². The minimum absolute atomic E-state index is 0.428. The molecule has 0 saturated heterocycles. The lowest BCUT2D eigenvalue weighted by atomic mass is 9.47. The summed E-state index contributed by atoms with van der Waals surface area (Å²) in [4.78, 5) is 0. The van der Waals surface area contributed by atoms with Crippen LogP contribution in [-0.4, -0.2) is 28.8 Å². The van der Waals surface area contributed by atoms with E-state index < -0.39 is 16.6 Å². The molecule has 6 unspecified atom stereocenters. The van der Waals surface area contributed by atoms with Gasteiger partial charge >= 0.3 is 0 Å². The predicted molar refractivity (Wildman–Crippen MR) is 137 cm³/mol. The Morgan fingerprint density at radius 2 is 1.61 bits per heavy atom. The zero-order chi connectivity index (χ0) is 22.8. The van der Waals surface area contributed by atoms with Gasteiger partial charge in [-0.15, -0.1) is 0 Å². The van der Waals surface area contributed by atoms with E-state index in [0.29, 0.717) is 23.0 Å². The topological polar surface area (TPSA) is 18.5 Å². The number of hydrogen-bond donors (Lipinski definition) is 0. The molecule has 8 atom stereocenters. The van der Waals surface area contributed by atoms with Crippen molar-refractivity contribution in [1.82, 2.24) is 0 Å². The van der Waals surface area contributed by atoms with E-state index in [4.69, 9.17) is 8.85 Å². The third-order valence-corrected chi connectivity index (χ3v) is 11.9. The van der Waals surface area contributed by atoms with E-state index >= 15 is 0 Å². The highest BCUT2D eigenvalue weighted by molar-refractivity contribution is 6.70. The summed E-state index contributed by atoms with van der Waals surface area (Å²) in [5.74, 6) is 3.44. The average molecular weight is 463 g/mol. The SMILES string of the molecule is C[C@H](O[Si](C)(C)C)C1CCC2C3CC=C4C[C@@H](O[Si](C)(C)C)CCC4(C)C3CCC21C. The van der Waals surface area contributed by atoms with Gasteiger partial charge in [0.15, 0.2) is 16.6 Å². The van der Waals surface area contributed by atoms with Crippen LogP contribution in [0.4, 0.5) is 0 Å². The molecule has 2 nitrogen and oxygen atoms in total. The Bertz CT molecular complexity index is 705. The molecule has 4 rings (SSSR count). The first-order valence-corrected chi connectivity index (χ1v) is 20.1. The Balaban J connectivity index is 1.52. The fourth-order valence-corrected chi connectivity index (χ4v) is 11.2. The molecule has 4 aliphatic rings. The summed E-state index contributed by atoms with van der Waals surface area (Å²) >= 11 is 0. The van der Waals surface area contributed by atoms with Gasteiger partial charge in [-0.1, -0.05) is 25.5 Å². The molecule has 178 valence electrons. The van der Waals surface area contributed by atoms with Gasteiger partial charge in [0.1, 0.15) is 0 Å². The third-order valence-electron chi connectivity index (χ3n) is 9.76. The maximum atomic E-state index is 6.65. The highest BCUT2D eigenvalue weighted by atomic mass is 28.4. The van der Waals surface area contributed by atoms with Crippen LogP contribution in [0.2, 0.25) is 39.3 Å². The van der Waals surface area contributed by atoms with Crippen molar-refractivity contribution in [2.75, 3.05) is 0 Å². The molecule has 0 bridgehead atoms. The summed E-state index contributed by atoms with van der Waals surface area (Å²) in [6, 6.07) is 0. The van der Waals surface area contributed by atoms with Gasteiger partial charge < -0.3 is 8.85 Å². The minimum atomic E-state index is -1.49. The number of rotatable bonds is 5. The molecule has 0 amide bonds. The fourth-order valence-electron chi connectivity index (χ4n) is 8.68. The maximum Gasteiger partial charge on any atom is 0.184 e. The molecular formula is C27H50O2Si2. The summed E-state index contributed by atoms with van der Waals surface area (Å²) in [6.45, 7) is 21.8. The van der Waals surface area contributed by atoms with Crippen molar-refractivity contribution in [3.8, 4) is 0 Å². The van der Waals surface area contributed by atoms with Gasteiger partial charge in [-0.25, -0.2) is 0 Å². The minimum Gasteiger partial charge on any atom is -0.415 e. The Hall–Kier alpha value is 0.0938. The summed E-state index contributed by atoms with van der Waals surface area (Å²) in [5, 5.41) is 0. The number of fused-ring (bicyclic) bond motifs is 5. The van der Waals surface area contributed by atoms with E-state index in [1.165, 1.54) is 51.4 Å². The van der Waals surface area contributed by atoms with Crippen LogP contribution < -0.4 is 0 Å². The monoisotopic (exact) mass is 462 g/mol. The first kappa shape index (κ1) is 24.2. The van der Waals surface area contributed by atoms with Gasteiger partial charge in [0.05, 0.1) is 0 Å². The Morgan fingerprint density at radius 3 is 2.26 bits per heavy atom. The van der Waals surface area contributed by atoms with E-state index in [1.807, 2.05) is 0 Å². The lowest BCUT2D eigenvalue weighted by Gasteiger charge is -2.58. The van der Waals surface area contributed by atoms with Gasteiger partial charge in [-0.3, -0.25) is 0 Å². The highest BCUT2D eigenvalue weighted by Crippen LogP contribution is 2.67. The van der Waals surface area contributed by atoms with Gasteiger partial charge in [-0.05, 0) is 132 Å². The van der Waals surface area contributed by atoms with Gasteiger partial charge in [-0.2, -0.15) is 0 Å². The quantitative estimate of drug-likeness (QED) is 0.304. The molecule has 0 aromatic carbocycles. The van der Waals surface area contributed by atoms with Crippen molar-refractivity contribution in [1.29, 1.82) is 0 Å². The smallest absolute Gasteiger partial charge is 0.184 e. The average Bonchev–Trinajstić information content (AvgIpc) is 2.97. The van der Waals surface area contributed by atoms with Crippen LogP contribution in [-0.2, 0) is 8.85 Å². The Morgan fingerprint density at radius 1 is 0.903 bits per heavy atom. The first-order valence-electron chi connectivity index (χ1n) is 13.3. The van der Waals surface area contributed by atoms with Crippen LogP contribution in [0.15, 0.2) is 11.6 Å². The second kappa shape index (κ2) is 8.10. The maximum absolute atomic E-state index is 6.65. The van der Waals surface area contributed by atoms with Gasteiger partial charge in [0.2, 0.25) is 0 Å². The molecule has 0 N–H and O–H groups in total. The molecule has 0 radical (unpaired) electrons. The Kier molecular flexibility index (Phi) is 6.33. The van der Waals surface area contributed by atoms with Crippen molar-refractivity contribution in [2.24, 2.45) is 34.5 Å². The molecule has 0 spiro atoms. The van der Waals surface area contributed by atoms with Crippen LogP contribution in [0.3, 0.4) is 0 Å². The standard InChI is InChI=1S/C27H50O2Si2/c1-19(28-30(4,5)6)23-12-13-24-22-11-10-20-18-21(29-31(7,8)9)14-16-26(20,2)25(22)15-17-27(23,24)3/h10,19,21-25H,11-18H2,1-9H3/t19-,21-,22?,23?,24?,25?,26?,27?/m0/s1. The first-order chi connectivity index (χ1) is 14.2. The lowest BCUT2D eigenvalue weighted by molar-refractivity contribution is -0.0643. The fraction of sp³-hybridized carbons (Fsp3) is 0.926. The van der Waals surface area contributed by atoms with Crippen LogP contribution in [0.1, 0.15) is 72.1 Å². The van der Waals surface area contributed by atoms with Gasteiger partial charge in [0, 0.05) is 12.2 Å². The zero-order valence-electron chi connectivity index (χ0n) is 22.0. The molecule has 0 aromatic heterocycles. The molecule has 4 heteroatoms. The number of hydrogen-bond acceptors (Lipinski definition) is 2. The molecule has 31 heavy (non-hydrogen) atoms. The molecule has 0 heterocycles. The normalized spacial score (nSPS) is 44.2. The van der Waals surface area contributed by atoms with E-state index in [2.05, 4.69) is 66.1 Å². The lowest BCUT2D eigenvalue weighted by Crippen LogP contribution is -2.52. The van der Waals surface area contributed by atoms with Crippen molar-refractivity contribution >= 4 is 16.6 Å². The van der Waals surface area contributed by atoms with E-state index in [0.717, 1.165) is 23.7 Å². The second-order valence-electron chi connectivity index (χ2n) is 14.0. The molecule has 0 aromatic rings. The van der Waals surface area contributed by atoms with E-state index in [9.17, 15) is 0 Å². The van der Waals surface area contributed by atoms with E-state index in [-0.39, 0.29) is 0 Å². The highest BCUT2D eigenvalue weighted by Gasteiger charge is 2.59. The van der Waals surface area contributed by atoms with Crippen molar-refractivity contribution in [3.63, 3.8) is 0 Å². The van der Waals surface area contributed by atoms with Crippen molar-refractivity contribution in [3.05, 3.63) is 11.6 Å². The molecule has 3 fully saturated rings. The second-order valence-corrected chi connectivity index (χ2v) is 22.9. The predicted octanol–water partition coefficient (Wildman–Crippen LogP) is 8.03. The summed E-state index contributed by atoms with van der Waals surface area (Å²) in [7, 11) is -2.95. The van der Waals surface area contributed by atoms with Crippen molar-refractivity contribution < 1.29 is 8.85 Å². The summed E-state index contributed by atoms with van der Waals surface area (Å²) in [5.41, 5.74) is 2.68. The summed E-state index contributed by atoms with van der Waals surface area (Å²) < 4.78 is 13.2. The largest absolute Gasteiger partial charge is 0.415 e. The molecule has 3 saturated carbocycles. The number of allylic oxidation sites excluding steroid dienone is 1. The van der Waals surface area contributed by atoms with Crippen LogP contribution in [0.5, 0.6) is 0 Å². The molecular weight excluding hydrogens is 412 g/mol. The Labute approximate surface area is 195 Å². The zero-order valence-corrected chi connectivity index (χ0v) is 24.0. The van der Waals surface area contributed by atoms with E-state index in [1.54, 1.807) is 5.57 Å². The third kappa shape index (κ3) is 4.57. The summed E-state index contributed by atoms with van der Waals surface area (Å²) in [6.07, 6.45) is 14.4. The van der Waals surface area contributed by atoms with Gasteiger partial charge in [0.25, 0.3) is 0 Å². The molecule has 4 aliphatic carbocycles. The van der Waals surface area contributed by atoms with Crippen LogP contribution >= 0.6 is 0 Å². The van der Waals surface area contributed by atoms with Crippen LogP contribution in [0.25, 0.3) is 0 Å².